The predicted octanol–water partition coefficient (Wildman–Crippen LogP) is 8.07. The van der Waals surface area contributed by atoms with Gasteiger partial charge in [-0.05, 0) is 49.4 Å². The van der Waals surface area contributed by atoms with Crippen LogP contribution in [0.25, 0.3) is 0 Å². The molecular weight excluding hydrogens is 603 g/mol. The summed E-state index contributed by atoms with van der Waals surface area (Å²) in [4.78, 5) is 26.6. The zero-order valence-electron chi connectivity index (χ0n) is 28.1. The van der Waals surface area contributed by atoms with Crippen LogP contribution in [0.5, 0.6) is 0 Å². The van der Waals surface area contributed by atoms with Crippen LogP contribution in [-0.2, 0) is 20.8 Å². The number of unbranched alkanes of at least 4 members (excludes halogenated alkanes) is 1. The average Bonchev–Trinajstić information content (AvgIpc) is 3.08. The molecule has 4 aromatic rings. The topological polar surface area (TPSA) is 79.5 Å². The molecule has 0 spiro atoms. The summed E-state index contributed by atoms with van der Waals surface area (Å²) in [7, 11) is 0. The van der Waals surface area contributed by atoms with E-state index in [-0.39, 0.29) is 11.9 Å². The van der Waals surface area contributed by atoms with Crippen LogP contribution in [0.3, 0.4) is 0 Å². The van der Waals surface area contributed by atoms with Crippen LogP contribution in [0.2, 0.25) is 0 Å². The van der Waals surface area contributed by atoms with Crippen LogP contribution < -0.4 is 16.0 Å². The van der Waals surface area contributed by atoms with E-state index in [1.165, 1.54) is 0 Å². The quantitative estimate of drug-likeness (QED) is 0.107. The van der Waals surface area contributed by atoms with Gasteiger partial charge in [0.25, 0.3) is 0 Å². The van der Waals surface area contributed by atoms with E-state index in [4.69, 9.17) is 4.74 Å². The van der Waals surface area contributed by atoms with Crippen LogP contribution in [0.15, 0.2) is 121 Å². The van der Waals surface area contributed by atoms with E-state index in [0.717, 1.165) is 35.1 Å². The van der Waals surface area contributed by atoms with Gasteiger partial charge < -0.3 is 20.7 Å². The molecule has 0 radical (unpaired) electrons. The number of benzene rings is 4. The second-order valence-corrected chi connectivity index (χ2v) is 14.0. The van der Waals surface area contributed by atoms with Gasteiger partial charge in [-0.25, -0.2) is 4.79 Å². The van der Waals surface area contributed by atoms with Crippen molar-refractivity contribution in [3.8, 4) is 0 Å². The molecule has 6 nitrogen and oxygen atoms in total. The third kappa shape index (κ3) is 10.7. The maximum atomic E-state index is 13.4. The number of hydrogen-bond donors (Lipinski definition) is 3. The first-order valence-corrected chi connectivity index (χ1v) is 17.5. The third-order valence-corrected chi connectivity index (χ3v) is 9.56. The minimum absolute atomic E-state index is 0.0434. The van der Waals surface area contributed by atoms with Gasteiger partial charge in [-0.1, -0.05) is 141 Å². The van der Waals surface area contributed by atoms with Gasteiger partial charge in [0.05, 0.1) is 16.8 Å². The molecule has 0 aromatic heterocycles. The first-order chi connectivity index (χ1) is 22.7. The fraction of sp³-hybridized carbons (Fsp3) is 0.350. The molecule has 47 heavy (non-hydrogen) atoms. The van der Waals surface area contributed by atoms with Gasteiger partial charge in [0, 0.05) is 18.8 Å². The maximum absolute atomic E-state index is 13.4. The van der Waals surface area contributed by atoms with Crippen LogP contribution in [0.4, 0.5) is 4.79 Å². The number of thioether (sulfide) groups is 1. The molecule has 3 N–H and O–H groups in total. The number of carbonyl (C=O) groups is 2. The monoisotopic (exact) mass is 651 g/mol. The Morgan fingerprint density at radius 3 is 1.70 bits per heavy atom. The Bertz CT molecular complexity index is 1400. The van der Waals surface area contributed by atoms with Crippen LogP contribution in [0, 0.1) is 0 Å². The molecule has 0 aliphatic rings. The second kappa shape index (κ2) is 17.7. The number of rotatable bonds is 16. The van der Waals surface area contributed by atoms with Crippen LogP contribution in [-0.4, -0.2) is 42.0 Å². The van der Waals surface area contributed by atoms with Gasteiger partial charge in [0.15, 0.2) is 0 Å². The first kappa shape index (κ1) is 35.8. The lowest BCUT2D eigenvalue weighted by molar-refractivity contribution is -0.123. The highest BCUT2D eigenvalue weighted by Gasteiger charge is 2.38. The van der Waals surface area contributed by atoms with Crippen LogP contribution in [0.1, 0.15) is 69.2 Å². The normalized spacial score (nSPS) is 12.9. The largest absolute Gasteiger partial charge is 0.444 e. The minimum Gasteiger partial charge on any atom is -0.444 e. The summed E-state index contributed by atoms with van der Waals surface area (Å²) < 4.78 is 5.15. The molecular formula is C40H49N3O3S. The molecule has 0 fully saturated rings. The summed E-state index contributed by atoms with van der Waals surface area (Å²) in [6.07, 6.45) is 2.11. The molecule has 4 rings (SSSR count). The third-order valence-electron chi connectivity index (χ3n) is 7.85. The molecule has 0 aliphatic carbocycles. The zero-order chi connectivity index (χ0) is 33.5. The smallest absolute Gasteiger partial charge is 0.407 e. The average molecular weight is 652 g/mol. The van der Waals surface area contributed by atoms with E-state index >= 15 is 0 Å². The van der Waals surface area contributed by atoms with Crippen molar-refractivity contribution in [1.82, 2.24) is 16.0 Å². The van der Waals surface area contributed by atoms with E-state index in [1.54, 1.807) is 11.8 Å². The van der Waals surface area contributed by atoms with E-state index in [1.807, 2.05) is 69.3 Å². The molecule has 7 heteroatoms. The van der Waals surface area contributed by atoms with Crippen molar-refractivity contribution in [1.29, 1.82) is 0 Å². The number of carbonyl (C=O) groups excluding carboxylic acids is 2. The lowest BCUT2D eigenvalue weighted by Crippen LogP contribution is -2.51. The van der Waals surface area contributed by atoms with Crippen molar-refractivity contribution >= 4 is 23.8 Å². The Labute approximate surface area is 285 Å². The second-order valence-electron chi connectivity index (χ2n) is 12.7. The van der Waals surface area contributed by atoms with Crippen molar-refractivity contribution in [2.75, 3.05) is 12.3 Å². The summed E-state index contributed by atoms with van der Waals surface area (Å²) in [6.45, 7) is 8.56. The number of ether oxygens (including phenoxy) is 1. The SMILES string of the molecule is CCCC[C@H](NC[C@H](CSC(c1ccccc1)(c1ccccc1)c1ccccc1)NC(=O)OC(C)(C)C)C(=O)NCc1ccccc1. The molecule has 0 heterocycles. The van der Waals surface area contributed by atoms with E-state index in [2.05, 4.69) is 95.7 Å². The lowest BCUT2D eigenvalue weighted by atomic mass is 9.84. The van der Waals surface area contributed by atoms with Crippen molar-refractivity contribution in [2.24, 2.45) is 0 Å². The Kier molecular flexibility index (Phi) is 13.5. The zero-order valence-corrected chi connectivity index (χ0v) is 28.9. The summed E-state index contributed by atoms with van der Waals surface area (Å²) >= 11 is 1.77. The summed E-state index contributed by atoms with van der Waals surface area (Å²) in [5.74, 6) is 0.509. The molecule has 2 atom stereocenters. The maximum Gasteiger partial charge on any atom is 0.407 e. The van der Waals surface area contributed by atoms with Gasteiger partial charge in [-0.15, -0.1) is 11.8 Å². The van der Waals surface area contributed by atoms with Crippen molar-refractivity contribution in [3.05, 3.63) is 144 Å². The highest BCUT2D eigenvalue weighted by molar-refractivity contribution is 8.00. The summed E-state index contributed by atoms with van der Waals surface area (Å²) in [6, 6.07) is 40.7. The molecule has 248 valence electrons. The summed E-state index contributed by atoms with van der Waals surface area (Å²) in [5, 5.41) is 9.76. The molecule has 0 saturated carbocycles. The Morgan fingerprint density at radius 2 is 1.23 bits per heavy atom. The Hall–Kier alpha value is -4.07. The van der Waals surface area contributed by atoms with Gasteiger partial charge in [0.1, 0.15) is 5.60 Å². The molecule has 0 bridgehead atoms. The highest BCUT2D eigenvalue weighted by Crippen LogP contribution is 2.48. The fourth-order valence-corrected chi connectivity index (χ4v) is 7.11. The van der Waals surface area contributed by atoms with Crippen molar-refractivity contribution in [2.45, 2.75) is 75.9 Å². The van der Waals surface area contributed by atoms with Gasteiger partial charge in [-0.2, -0.15) is 0 Å². The molecule has 0 saturated heterocycles. The number of nitrogens with one attached hydrogen (secondary N) is 3. The Morgan fingerprint density at radius 1 is 0.745 bits per heavy atom. The molecule has 2 amide bonds. The van der Waals surface area contributed by atoms with Crippen molar-refractivity contribution in [3.63, 3.8) is 0 Å². The first-order valence-electron chi connectivity index (χ1n) is 16.6. The van der Waals surface area contributed by atoms with E-state index < -0.39 is 22.5 Å². The predicted molar refractivity (Wildman–Crippen MR) is 194 cm³/mol. The van der Waals surface area contributed by atoms with Gasteiger partial charge in [0.2, 0.25) is 5.91 Å². The number of hydrogen-bond acceptors (Lipinski definition) is 5. The number of alkyl carbamates (subject to hydrolysis) is 1. The minimum atomic E-state index is -0.641. The fourth-order valence-electron chi connectivity index (χ4n) is 5.55. The van der Waals surface area contributed by atoms with Crippen LogP contribution >= 0.6 is 11.8 Å². The molecule has 4 aromatic carbocycles. The highest BCUT2D eigenvalue weighted by atomic mass is 32.2. The standard InChI is InChI=1S/C40H49N3O3S/c1-5-6-27-36(37(44)42-28-31-19-11-7-12-20-31)41-29-35(43-38(45)46-39(2,3)4)30-47-40(32-21-13-8-14-22-32,33-23-15-9-16-24-33)34-25-17-10-18-26-34/h7-26,35-36,41H,5-6,27-30H2,1-4H3,(H,42,44)(H,43,45)/t35-,36+/m1/s1. The molecule has 0 aliphatic heterocycles. The van der Waals surface area contributed by atoms with Gasteiger partial charge in [-0.3, -0.25) is 4.79 Å². The van der Waals surface area contributed by atoms with Gasteiger partial charge >= 0.3 is 6.09 Å². The van der Waals surface area contributed by atoms with E-state index in [9.17, 15) is 9.59 Å². The summed E-state index contributed by atoms with van der Waals surface area (Å²) in [5.41, 5.74) is 3.85. The van der Waals surface area contributed by atoms with E-state index in [0.29, 0.717) is 25.3 Å². The Balaban J connectivity index is 1.62. The van der Waals surface area contributed by atoms with Crippen molar-refractivity contribution < 1.29 is 14.3 Å². The molecule has 0 unspecified atom stereocenters. The number of amides is 2. The lowest BCUT2D eigenvalue weighted by Gasteiger charge is -2.37.